The van der Waals surface area contributed by atoms with Gasteiger partial charge in [0.25, 0.3) is 0 Å². The second-order valence-corrected chi connectivity index (χ2v) is 9.86. The molecule has 10 heteroatoms. The van der Waals surface area contributed by atoms with Crippen LogP contribution in [0.4, 0.5) is 5.69 Å². The number of carbonyl (C=O) groups is 1. The standard InChI is InChI=1S/C25H25ClN2O6S/c1-2-32-22-11-9-19(16-20(22)26)35(30,31)28-21(14-17-6-4-3-5-7-17)25(29)27-18-8-10-23-24(15-18)34-13-12-33-23/h3-11,15-16,21,28H,2,12-14H2,1H3,(H,27,29). The molecule has 0 saturated carbocycles. The summed E-state index contributed by atoms with van der Waals surface area (Å²) in [5, 5.41) is 2.94. The van der Waals surface area contributed by atoms with E-state index in [2.05, 4.69) is 10.0 Å². The van der Waals surface area contributed by atoms with Gasteiger partial charge in [0.2, 0.25) is 15.9 Å². The number of hydrogen-bond acceptors (Lipinski definition) is 6. The number of anilines is 1. The summed E-state index contributed by atoms with van der Waals surface area (Å²) in [6.07, 6.45) is 0.140. The lowest BCUT2D eigenvalue weighted by molar-refractivity contribution is -0.117. The summed E-state index contributed by atoms with van der Waals surface area (Å²) in [5.41, 5.74) is 1.25. The SMILES string of the molecule is CCOc1ccc(S(=O)(=O)NC(Cc2ccccc2)C(=O)Nc2ccc3c(c2)OCCO3)cc1Cl. The second kappa shape index (κ2) is 11.0. The van der Waals surface area contributed by atoms with E-state index in [1.165, 1.54) is 18.2 Å². The van der Waals surface area contributed by atoms with Crippen LogP contribution in [0.25, 0.3) is 0 Å². The molecule has 184 valence electrons. The fraction of sp³-hybridized carbons (Fsp3) is 0.240. The van der Waals surface area contributed by atoms with Crippen LogP contribution in [-0.4, -0.2) is 40.2 Å². The molecular formula is C25H25ClN2O6S. The van der Waals surface area contributed by atoms with Crippen LogP contribution in [-0.2, 0) is 21.2 Å². The van der Waals surface area contributed by atoms with E-state index in [0.29, 0.717) is 42.8 Å². The van der Waals surface area contributed by atoms with Gasteiger partial charge in [-0.1, -0.05) is 41.9 Å². The average molecular weight is 517 g/mol. The van der Waals surface area contributed by atoms with Crippen LogP contribution in [0.1, 0.15) is 12.5 Å². The Hall–Kier alpha value is -3.27. The van der Waals surface area contributed by atoms with Crippen molar-refractivity contribution in [3.8, 4) is 17.2 Å². The molecule has 3 aromatic rings. The molecule has 4 rings (SSSR count). The lowest BCUT2D eigenvalue weighted by Gasteiger charge is -2.21. The number of hydrogen-bond donors (Lipinski definition) is 2. The van der Waals surface area contributed by atoms with Gasteiger partial charge in [-0.15, -0.1) is 0 Å². The van der Waals surface area contributed by atoms with E-state index in [1.807, 2.05) is 30.3 Å². The van der Waals surface area contributed by atoms with Gasteiger partial charge in [0.05, 0.1) is 16.5 Å². The van der Waals surface area contributed by atoms with E-state index in [-0.39, 0.29) is 16.3 Å². The van der Waals surface area contributed by atoms with Crippen molar-refractivity contribution in [3.05, 3.63) is 77.3 Å². The third-order valence-electron chi connectivity index (χ3n) is 5.22. The molecule has 0 spiro atoms. The highest BCUT2D eigenvalue weighted by molar-refractivity contribution is 7.89. The predicted molar refractivity (Wildman–Crippen MR) is 133 cm³/mol. The van der Waals surface area contributed by atoms with Gasteiger partial charge in [-0.05, 0) is 49.2 Å². The van der Waals surface area contributed by atoms with Crippen molar-refractivity contribution in [1.29, 1.82) is 0 Å². The molecule has 2 N–H and O–H groups in total. The summed E-state index contributed by atoms with van der Waals surface area (Å²) in [6.45, 7) is 3.06. The van der Waals surface area contributed by atoms with Crippen molar-refractivity contribution in [2.45, 2.75) is 24.3 Å². The Balaban J connectivity index is 1.57. The molecule has 0 bridgehead atoms. The second-order valence-electron chi connectivity index (χ2n) is 7.74. The van der Waals surface area contributed by atoms with Crippen LogP contribution in [0.5, 0.6) is 17.2 Å². The van der Waals surface area contributed by atoms with Gasteiger partial charge in [0.1, 0.15) is 25.0 Å². The first-order valence-corrected chi connectivity index (χ1v) is 12.9. The molecule has 8 nitrogen and oxygen atoms in total. The average Bonchev–Trinajstić information content (AvgIpc) is 2.85. The fourth-order valence-corrected chi connectivity index (χ4v) is 5.09. The number of sulfonamides is 1. The van der Waals surface area contributed by atoms with Gasteiger partial charge < -0.3 is 19.5 Å². The Labute approximate surface area is 209 Å². The number of fused-ring (bicyclic) bond motifs is 1. The highest BCUT2D eigenvalue weighted by atomic mass is 35.5. The maximum Gasteiger partial charge on any atom is 0.242 e. The smallest absolute Gasteiger partial charge is 0.242 e. The molecule has 1 atom stereocenters. The Kier molecular flexibility index (Phi) is 7.80. The molecule has 0 radical (unpaired) electrons. The summed E-state index contributed by atoms with van der Waals surface area (Å²) in [6, 6.07) is 17.2. The van der Waals surface area contributed by atoms with Crippen LogP contribution in [0.3, 0.4) is 0 Å². The van der Waals surface area contributed by atoms with Crippen molar-refractivity contribution in [3.63, 3.8) is 0 Å². The fourth-order valence-electron chi connectivity index (χ4n) is 3.56. The molecule has 3 aromatic carbocycles. The number of ether oxygens (including phenoxy) is 3. The van der Waals surface area contributed by atoms with Crippen molar-refractivity contribution < 1.29 is 27.4 Å². The molecule has 1 heterocycles. The zero-order valence-electron chi connectivity index (χ0n) is 19.0. The van der Waals surface area contributed by atoms with E-state index in [4.69, 9.17) is 25.8 Å². The Morgan fingerprint density at radius 3 is 2.49 bits per heavy atom. The quantitative estimate of drug-likeness (QED) is 0.445. The summed E-state index contributed by atoms with van der Waals surface area (Å²) in [5.74, 6) is 0.956. The van der Waals surface area contributed by atoms with Gasteiger partial charge in [0.15, 0.2) is 11.5 Å². The lowest BCUT2D eigenvalue weighted by Crippen LogP contribution is -2.45. The number of benzene rings is 3. The van der Waals surface area contributed by atoms with Crippen LogP contribution >= 0.6 is 11.6 Å². The summed E-state index contributed by atoms with van der Waals surface area (Å²) in [7, 11) is -4.08. The summed E-state index contributed by atoms with van der Waals surface area (Å²) in [4.78, 5) is 13.2. The molecule has 1 aliphatic rings. The van der Waals surface area contributed by atoms with Crippen LogP contribution in [0, 0.1) is 0 Å². The molecule has 0 aromatic heterocycles. The van der Waals surface area contributed by atoms with E-state index in [9.17, 15) is 13.2 Å². The largest absolute Gasteiger partial charge is 0.492 e. The number of carbonyl (C=O) groups excluding carboxylic acids is 1. The highest BCUT2D eigenvalue weighted by Gasteiger charge is 2.27. The normalized spacial score (nSPS) is 13.7. The zero-order valence-corrected chi connectivity index (χ0v) is 20.6. The van der Waals surface area contributed by atoms with Gasteiger partial charge in [-0.2, -0.15) is 4.72 Å². The minimum atomic E-state index is -4.08. The molecule has 1 amide bonds. The Bertz CT molecular complexity index is 1300. The first-order valence-electron chi connectivity index (χ1n) is 11.0. The number of amides is 1. The van der Waals surface area contributed by atoms with Gasteiger partial charge >= 0.3 is 0 Å². The maximum atomic E-state index is 13.2. The molecule has 1 unspecified atom stereocenters. The minimum Gasteiger partial charge on any atom is -0.492 e. The predicted octanol–water partition coefficient (Wildman–Crippen LogP) is 4.04. The number of rotatable bonds is 9. The van der Waals surface area contributed by atoms with Gasteiger partial charge in [0, 0.05) is 11.8 Å². The maximum absolute atomic E-state index is 13.2. The summed E-state index contributed by atoms with van der Waals surface area (Å²) < 4.78 is 45.3. The zero-order chi connectivity index (χ0) is 24.8. The topological polar surface area (TPSA) is 103 Å². The molecular weight excluding hydrogens is 492 g/mol. The third-order valence-corrected chi connectivity index (χ3v) is 6.98. The lowest BCUT2D eigenvalue weighted by atomic mass is 10.1. The molecule has 0 aliphatic carbocycles. The van der Waals surface area contributed by atoms with E-state index in [1.54, 1.807) is 25.1 Å². The summed E-state index contributed by atoms with van der Waals surface area (Å²) >= 11 is 6.19. The van der Waals surface area contributed by atoms with Crippen molar-refractivity contribution in [2.75, 3.05) is 25.1 Å². The first-order chi connectivity index (χ1) is 16.9. The van der Waals surface area contributed by atoms with Crippen LogP contribution < -0.4 is 24.2 Å². The third kappa shape index (κ3) is 6.25. The van der Waals surface area contributed by atoms with Gasteiger partial charge in [-0.25, -0.2) is 8.42 Å². The van der Waals surface area contributed by atoms with Crippen LogP contribution in [0.2, 0.25) is 5.02 Å². The Morgan fingerprint density at radius 2 is 1.77 bits per heavy atom. The van der Waals surface area contributed by atoms with E-state index < -0.39 is 22.0 Å². The minimum absolute atomic E-state index is 0.0730. The first kappa shape index (κ1) is 24.8. The van der Waals surface area contributed by atoms with Crippen LogP contribution in [0.15, 0.2) is 71.6 Å². The highest BCUT2D eigenvalue weighted by Crippen LogP contribution is 2.33. The van der Waals surface area contributed by atoms with Gasteiger partial charge in [-0.3, -0.25) is 4.79 Å². The number of nitrogens with one attached hydrogen (secondary N) is 2. The number of halogens is 1. The van der Waals surface area contributed by atoms with Crippen molar-refractivity contribution >= 4 is 33.2 Å². The molecule has 35 heavy (non-hydrogen) atoms. The molecule has 0 saturated heterocycles. The monoisotopic (exact) mass is 516 g/mol. The van der Waals surface area contributed by atoms with E-state index in [0.717, 1.165) is 5.56 Å². The van der Waals surface area contributed by atoms with Crippen molar-refractivity contribution in [2.24, 2.45) is 0 Å². The molecule has 0 fully saturated rings. The van der Waals surface area contributed by atoms with E-state index >= 15 is 0 Å². The Morgan fingerprint density at radius 1 is 1.03 bits per heavy atom. The molecule has 1 aliphatic heterocycles. The van der Waals surface area contributed by atoms with Crippen molar-refractivity contribution in [1.82, 2.24) is 4.72 Å².